The molecule has 132 valence electrons. The summed E-state index contributed by atoms with van der Waals surface area (Å²) < 4.78 is 0. The first-order valence-electron chi connectivity index (χ1n) is 8.54. The van der Waals surface area contributed by atoms with E-state index in [1.807, 2.05) is 53.4 Å². The molecule has 0 heterocycles. The van der Waals surface area contributed by atoms with Gasteiger partial charge in [0.15, 0.2) is 0 Å². The summed E-state index contributed by atoms with van der Waals surface area (Å²) in [4.78, 5) is 26.2. The van der Waals surface area contributed by atoms with Crippen molar-refractivity contribution in [3.8, 4) is 0 Å². The van der Waals surface area contributed by atoms with Gasteiger partial charge in [-0.15, -0.1) is 0 Å². The van der Waals surface area contributed by atoms with Crippen LogP contribution in [0.15, 0.2) is 60.7 Å². The van der Waals surface area contributed by atoms with E-state index in [9.17, 15) is 9.59 Å². The number of carbonyl (C=O) groups is 2. The molecule has 0 saturated heterocycles. The minimum Gasteiger partial charge on any atom is -0.369 e. The molecular formula is C21H26N2O2. The van der Waals surface area contributed by atoms with Crippen LogP contribution in [0.5, 0.6) is 0 Å². The molecule has 2 aromatic carbocycles. The average molecular weight is 338 g/mol. The largest absolute Gasteiger partial charge is 0.369 e. The van der Waals surface area contributed by atoms with Crippen LogP contribution in [-0.2, 0) is 22.6 Å². The summed E-state index contributed by atoms with van der Waals surface area (Å²) in [6.07, 6.45) is 0.889. The predicted octanol–water partition coefficient (Wildman–Crippen LogP) is 3.16. The number of hydrogen-bond donors (Lipinski definition) is 1. The Kier molecular flexibility index (Phi) is 6.34. The smallest absolute Gasteiger partial charge is 0.223 e. The molecule has 0 fully saturated rings. The van der Waals surface area contributed by atoms with Gasteiger partial charge in [0.25, 0.3) is 0 Å². The number of amides is 2. The van der Waals surface area contributed by atoms with Gasteiger partial charge in [0.2, 0.25) is 11.8 Å². The van der Waals surface area contributed by atoms with E-state index >= 15 is 0 Å². The van der Waals surface area contributed by atoms with E-state index < -0.39 is 11.3 Å². The molecule has 0 aliphatic rings. The number of primary amides is 1. The van der Waals surface area contributed by atoms with Crippen LogP contribution in [0.4, 0.5) is 0 Å². The van der Waals surface area contributed by atoms with Crippen LogP contribution in [0.3, 0.4) is 0 Å². The lowest BCUT2D eigenvalue weighted by Crippen LogP contribution is -2.40. The van der Waals surface area contributed by atoms with E-state index in [0.29, 0.717) is 13.1 Å². The summed E-state index contributed by atoms with van der Waals surface area (Å²) in [6.45, 7) is 4.56. The van der Waals surface area contributed by atoms with Gasteiger partial charge in [-0.3, -0.25) is 9.59 Å². The Morgan fingerprint density at radius 3 is 1.96 bits per heavy atom. The van der Waals surface area contributed by atoms with Gasteiger partial charge in [0.1, 0.15) is 0 Å². The summed E-state index contributed by atoms with van der Waals surface area (Å²) in [5, 5.41) is 0. The predicted molar refractivity (Wildman–Crippen MR) is 99.6 cm³/mol. The highest BCUT2D eigenvalue weighted by Gasteiger charge is 2.30. The van der Waals surface area contributed by atoms with Crippen molar-refractivity contribution < 1.29 is 9.59 Å². The molecule has 0 radical (unpaired) electrons. The van der Waals surface area contributed by atoms with Crippen molar-refractivity contribution in [1.29, 1.82) is 0 Å². The Labute approximate surface area is 149 Å². The molecule has 0 aliphatic heterocycles. The molecule has 2 N–H and O–H groups in total. The molecule has 0 saturated carbocycles. The van der Waals surface area contributed by atoms with Gasteiger partial charge < -0.3 is 10.6 Å². The Morgan fingerprint density at radius 2 is 1.44 bits per heavy atom. The van der Waals surface area contributed by atoms with Crippen LogP contribution < -0.4 is 5.73 Å². The molecule has 0 aromatic heterocycles. The van der Waals surface area contributed by atoms with E-state index in [1.165, 1.54) is 5.56 Å². The highest BCUT2D eigenvalue weighted by molar-refractivity contribution is 5.87. The van der Waals surface area contributed by atoms with Crippen LogP contribution in [0, 0.1) is 5.41 Å². The molecule has 0 aliphatic carbocycles. The lowest BCUT2D eigenvalue weighted by Gasteiger charge is -2.27. The van der Waals surface area contributed by atoms with E-state index in [-0.39, 0.29) is 12.3 Å². The van der Waals surface area contributed by atoms with Crippen molar-refractivity contribution in [2.24, 2.45) is 11.1 Å². The standard InChI is InChI=1S/C21H26N2O2/c1-21(2,20(22)25)15-19(24)23(16-18-11-7-4-8-12-18)14-13-17-9-5-3-6-10-17/h3-12H,13-16H2,1-2H3,(H2,22,25). The van der Waals surface area contributed by atoms with Gasteiger partial charge in [0, 0.05) is 19.5 Å². The summed E-state index contributed by atoms with van der Waals surface area (Å²) in [5.74, 6) is -0.507. The number of rotatable bonds is 8. The van der Waals surface area contributed by atoms with E-state index in [4.69, 9.17) is 5.73 Å². The minimum absolute atomic E-state index is 0.0522. The number of nitrogens with two attached hydrogens (primary N) is 1. The third kappa shape index (κ3) is 5.75. The first-order valence-corrected chi connectivity index (χ1v) is 8.54. The van der Waals surface area contributed by atoms with Crippen molar-refractivity contribution in [3.05, 3.63) is 71.8 Å². The summed E-state index contributed by atoms with van der Waals surface area (Å²) in [6, 6.07) is 20.0. The zero-order valence-electron chi connectivity index (χ0n) is 14.9. The quantitative estimate of drug-likeness (QED) is 0.803. The Bertz CT molecular complexity index is 696. The Balaban J connectivity index is 2.10. The summed E-state index contributed by atoms with van der Waals surface area (Å²) in [5.41, 5.74) is 6.83. The van der Waals surface area contributed by atoms with Gasteiger partial charge in [-0.1, -0.05) is 74.5 Å². The molecule has 0 bridgehead atoms. The zero-order chi connectivity index (χ0) is 18.3. The van der Waals surface area contributed by atoms with Crippen molar-refractivity contribution in [1.82, 2.24) is 4.90 Å². The van der Waals surface area contributed by atoms with Gasteiger partial charge in [-0.25, -0.2) is 0 Å². The van der Waals surface area contributed by atoms with Crippen molar-refractivity contribution in [2.45, 2.75) is 33.2 Å². The van der Waals surface area contributed by atoms with Crippen LogP contribution in [0.25, 0.3) is 0 Å². The lowest BCUT2D eigenvalue weighted by atomic mass is 9.88. The zero-order valence-corrected chi connectivity index (χ0v) is 14.9. The molecule has 4 nitrogen and oxygen atoms in total. The number of carbonyl (C=O) groups excluding carboxylic acids is 2. The summed E-state index contributed by atoms with van der Waals surface area (Å²) >= 11 is 0. The maximum absolute atomic E-state index is 12.8. The second kappa shape index (κ2) is 8.47. The molecule has 2 aromatic rings. The topological polar surface area (TPSA) is 63.4 Å². The maximum Gasteiger partial charge on any atom is 0.223 e. The van der Waals surface area contributed by atoms with Crippen LogP contribution >= 0.6 is 0 Å². The Morgan fingerprint density at radius 1 is 0.920 bits per heavy atom. The second-order valence-corrected chi connectivity index (χ2v) is 6.96. The number of benzene rings is 2. The highest BCUT2D eigenvalue weighted by atomic mass is 16.2. The van der Waals surface area contributed by atoms with Gasteiger partial charge >= 0.3 is 0 Å². The third-order valence-corrected chi connectivity index (χ3v) is 4.34. The Hall–Kier alpha value is -2.62. The SMILES string of the molecule is CC(C)(CC(=O)N(CCc1ccccc1)Cc1ccccc1)C(N)=O. The third-order valence-electron chi connectivity index (χ3n) is 4.34. The van der Waals surface area contributed by atoms with Crippen molar-refractivity contribution in [3.63, 3.8) is 0 Å². The molecule has 4 heteroatoms. The van der Waals surface area contributed by atoms with Gasteiger partial charge in [-0.2, -0.15) is 0 Å². The fourth-order valence-electron chi connectivity index (χ4n) is 2.58. The monoisotopic (exact) mass is 338 g/mol. The molecule has 0 unspecified atom stereocenters. The normalized spacial score (nSPS) is 11.1. The van der Waals surface area contributed by atoms with E-state index in [0.717, 1.165) is 12.0 Å². The molecular weight excluding hydrogens is 312 g/mol. The average Bonchev–Trinajstić information content (AvgIpc) is 2.59. The second-order valence-electron chi connectivity index (χ2n) is 6.96. The molecule has 0 atom stereocenters. The first kappa shape index (κ1) is 18.7. The minimum atomic E-state index is -0.848. The van der Waals surface area contributed by atoms with E-state index in [1.54, 1.807) is 13.8 Å². The van der Waals surface area contributed by atoms with Crippen LogP contribution in [0.2, 0.25) is 0 Å². The fraction of sp³-hybridized carbons (Fsp3) is 0.333. The molecule has 2 rings (SSSR count). The lowest BCUT2D eigenvalue weighted by molar-refractivity contribution is -0.138. The molecule has 2 amide bonds. The maximum atomic E-state index is 12.8. The molecule has 0 spiro atoms. The number of nitrogens with zero attached hydrogens (tertiary/aromatic N) is 1. The summed E-state index contributed by atoms with van der Waals surface area (Å²) in [7, 11) is 0. The van der Waals surface area contributed by atoms with Crippen LogP contribution in [-0.4, -0.2) is 23.3 Å². The first-order chi connectivity index (χ1) is 11.9. The van der Waals surface area contributed by atoms with Gasteiger partial charge in [0.05, 0.1) is 5.41 Å². The highest BCUT2D eigenvalue weighted by Crippen LogP contribution is 2.22. The van der Waals surface area contributed by atoms with Gasteiger partial charge in [-0.05, 0) is 17.5 Å². The van der Waals surface area contributed by atoms with Crippen molar-refractivity contribution >= 4 is 11.8 Å². The van der Waals surface area contributed by atoms with Crippen LogP contribution in [0.1, 0.15) is 31.4 Å². The molecule has 25 heavy (non-hydrogen) atoms. The van der Waals surface area contributed by atoms with Crippen molar-refractivity contribution in [2.75, 3.05) is 6.54 Å². The number of hydrogen-bond acceptors (Lipinski definition) is 2. The van der Waals surface area contributed by atoms with E-state index in [2.05, 4.69) is 12.1 Å². The fourth-order valence-corrected chi connectivity index (χ4v) is 2.58.